The Morgan fingerprint density at radius 3 is 2.05 bits per heavy atom. The van der Waals surface area contributed by atoms with Crippen LogP contribution >= 0.6 is 0 Å². The summed E-state index contributed by atoms with van der Waals surface area (Å²) in [7, 11) is 0. The lowest BCUT2D eigenvalue weighted by Crippen LogP contribution is -1.95. The number of pyridine rings is 1. The van der Waals surface area contributed by atoms with Gasteiger partial charge in [0.2, 0.25) is 0 Å². The molecule has 0 saturated heterocycles. The van der Waals surface area contributed by atoms with Crippen molar-refractivity contribution in [2.75, 3.05) is 0 Å². The van der Waals surface area contributed by atoms with Gasteiger partial charge in [0.1, 0.15) is 11.5 Å². The van der Waals surface area contributed by atoms with Gasteiger partial charge in [0.25, 0.3) is 0 Å². The molecule has 0 unspecified atom stereocenters. The number of aliphatic hydroxyl groups is 1. The van der Waals surface area contributed by atoms with Gasteiger partial charge in [0, 0.05) is 0 Å². The van der Waals surface area contributed by atoms with E-state index < -0.39 is 6.10 Å². The molecule has 0 radical (unpaired) electrons. The third-order valence-electron chi connectivity index (χ3n) is 2.97. The zero-order valence-corrected chi connectivity index (χ0v) is 11.5. The van der Waals surface area contributed by atoms with E-state index in [0.717, 1.165) is 5.75 Å². The van der Waals surface area contributed by atoms with Gasteiger partial charge in [-0.15, -0.1) is 0 Å². The summed E-state index contributed by atoms with van der Waals surface area (Å²) in [6.07, 6.45) is 1.07. The third kappa shape index (κ3) is 3.55. The average molecular weight is 257 g/mol. The van der Waals surface area contributed by atoms with Crippen LogP contribution in [0.15, 0.2) is 42.6 Å². The summed E-state index contributed by atoms with van der Waals surface area (Å²) in [6, 6.07) is 11.6. The SMILES string of the molecule is CC(C)c1ccc(Oc2ccc([C@H](C)O)nc2)cc1. The second-order valence-electron chi connectivity index (χ2n) is 4.92. The molecule has 1 aromatic heterocycles. The first kappa shape index (κ1) is 13.6. The van der Waals surface area contributed by atoms with Crippen molar-refractivity contribution in [1.29, 1.82) is 0 Å². The molecule has 0 amide bonds. The maximum Gasteiger partial charge on any atom is 0.145 e. The highest BCUT2D eigenvalue weighted by molar-refractivity contribution is 5.33. The molecule has 0 bridgehead atoms. The van der Waals surface area contributed by atoms with Crippen molar-refractivity contribution in [1.82, 2.24) is 4.98 Å². The summed E-state index contributed by atoms with van der Waals surface area (Å²) in [4.78, 5) is 4.15. The molecule has 19 heavy (non-hydrogen) atoms. The van der Waals surface area contributed by atoms with E-state index in [1.807, 2.05) is 18.2 Å². The molecule has 0 aliphatic carbocycles. The smallest absolute Gasteiger partial charge is 0.145 e. The van der Waals surface area contributed by atoms with Crippen molar-refractivity contribution in [2.45, 2.75) is 32.8 Å². The minimum absolute atomic E-state index is 0.515. The standard InChI is InChI=1S/C16H19NO2/c1-11(2)13-4-6-14(7-5-13)19-15-8-9-16(12(3)18)17-10-15/h4-12,18H,1-3H3/t12-/m0/s1. The average Bonchev–Trinajstić information content (AvgIpc) is 2.40. The predicted molar refractivity (Wildman–Crippen MR) is 75.5 cm³/mol. The number of nitrogens with zero attached hydrogens (tertiary/aromatic N) is 1. The second-order valence-corrected chi connectivity index (χ2v) is 4.92. The maximum atomic E-state index is 9.38. The Morgan fingerprint density at radius 1 is 0.947 bits per heavy atom. The van der Waals surface area contributed by atoms with Crippen molar-refractivity contribution in [3.05, 3.63) is 53.9 Å². The van der Waals surface area contributed by atoms with E-state index in [1.165, 1.54) is 5.56 Å². The van der Waals surface area contributed by atoms with Crippen LogP contribution in [0.4, 0.5) is 0 Å². The summed E-state index contributed by atoms with van der Waals surface area (Å²) in [5, 5.41) is 9.38. The number of rotatable bonds is 4. The molecule has 1 heterocycles. The summed E-state index contributed by atoms with van der Waals surface area (Å²) >= 11 is 0. The van der Waals surface area contributed by atoms with E-state index in [2.05, 4.69) is 31.0 Å². The minimum Gasteiger partial charge on any atom is -0.456 e. The van der Waals surface area contributed by atoms with Gasteiger partial charge in [-0.1, -0.05) is 26.0 Å². The van der Waals surface area contributed by atoms with Gasteiger partial charge in [0.15, 0.2) is 0 Å². The molecular formula is C16H19NO2. The van der Waals surface area contributed by atoms with Crippen LogP contribution in [0.1, 0.15) is 44.1 Å². The van der Waals surface area contributed by atoms with Crippen LogP contribution in [0.2, 0.25) is 0 Å². The first-order chi connectivity index (χ1) is 9.06. The molecule has 0 aliphatic rings. The highest BCUT2D eigenvalue weighted by Crippen LogP contribution is 2.24. The van der Waals surface area contributed by atoms with E-state index in [-0.39, 0.29) is 0 Å². The van der Waals surface area contributed by atoms with Crippen LogP contribution in [-0.4, -0.2) is 10.1 Å². The lowest BCUT2D eigenvalue weighted by molar-refractivity contribution is 0.194. The van der Waals surface area contributed by atoms with E-state index >= 15 is 0 Å². The molecule has 2 rings (SSSR count). The monoisotopic (exact) mass is 257 g/mol. The van der Waals surface area contributed by atoms with Crippen LogP contribution in [0, 0.1) is 0 Å². The van der Waals surface area contributed by atoms with Crippen molar-refractivity contribution >= 4 is 0 Å². The second kappa shape index (κ2) is 5.85. The summed E-state index contributed by atoms with van der Waals surface area (Å²) in [5.41, 5.74) is 1.93. The number of aliphatic hydroxyl groups excluding tert-OH is 1. The lowest BCUT2D eigenvalue weighted by atomic mass is 10.0. The predicted octanol–water partition coefficient (Wildman–Crippen LogP) is 4.05. The molecule has 1 N–H and O–H groups in total. The fourth-order valence-electron chi connectivity index (χ4n) is 1.76. The van der Waals surface area contributed by atoms with E-state index in [0.29, 0.717) is 17.4 Å². The largest absolute Gasteiger partial charge is 0.456 e. The normalized spacial score (nSPS) is 12.5. The van der Waals surface area contributed by atoms with Gasteiger partial charge >= 0.3 is 0 Å². The molecule has 1 aromatic carbocycles. The van der Waals surface area contributed by atoms with Gasteiger partial charge in [-0.05, 0) is 42.7 Å². The van der Waals surface area contributed by atoms with Crippen LogP contribution in [0.5, 0.6) is 11.5 Å². The van der Waals surface area contributed by atoms with Gasteiger partial charge in [-0.2, -0.15) is 0 Å². The molecule has 3 nitrogen and oxygen atoms in total. The highest BCUT2D eigenvalue weighted by Gasteiger charge is 2.04. The summed E-state index contributed by atoms with van der Waals surface area (Å²) in [5.74, 6) is 1.97. The fraction of sp³-hybridized carbons (Fsp3) is 0.312. The van der Waals surface area contributed by atoms with Crippen molar-refractivity contribution in [3.63, 3.8) is 0 Å². The van der Waals surface area contributed by atoms with Crippen LogP contribution < -0.4 is 4.74 Å². The van der Waals surface area contributed by atoms with Crippen LogP contribution in [0.25, 0.3) is 0 Å². The van der Waals surface area contributed by atoms with Gasteiger partial charge in [0.05, 0.1) is 18.0 Å². The number of aromatic nitrogens is 1. The van der Waals surface area contributed by atoms with Gasteiger partial charge in [-0.3, -0.25) is 4.98 Å². The fourth-order valence-corrected chi connectivity index (χ4v) is 1.76. The minimum atomic E-state index is -0.556. The van der Waals surface area contributed by atoms with Crippen LogP contribution in [-0.2, 0) is 0 Å². The molecule has 0 spiro atoms. The maximum absolute atomic E-state index is 9.38. The Morgan fingerprint density at radius 2 is 1.58 bits per heavy atom. The van der Waals surface area contributed by atoms with Crippen molar-refractivity contribution < 1.29 is 9.84 Å². The third-order valence-corrected chi connectivity index (χ3v) is 2.97. The Balaban J connectivity index is 2.08. The Hall–Kier alpha value is -1.87. The lowest BCUT2D eigenvalue weighted by Gasteiger charge is -2.09. The zero-order chi connectivity index (χ0) is 13.8. The van der Waals surface area contributed by atoms with Gasteiger partial charge < -0.3 is 9.84 Å². The summed E-state index contributed by atoms with van der Waals surface area (Å²) in [6.45, 7) is 6.01. The number of benzene rings is 1. The molecule has 0 fully saturated rings. The summed E-state index contributed by atoms with van der Waals surface area (Å²) < 4.78 is 5.70. The number of hydrogen-bond donors (Lipinski definition) is 1. The molecule has 3 heteroatoms. The van der Waals surface area contributed by atoms with E-state index in [9.17, 15) is 5.11 Å². The molecule has 0 saturated carbocycles. The van der Waals surface area contributed by atoms with Crippen molar-refractivity contribution in [2.24, 2.45) is 0 Å². The molecule has 2 aromatic rings. The number of hydrogen-bond acceptors (Lipinski definition) is 3. The Bertz CT molecular complexity index is 466. The first-order valence-corrected chi connectivity index (χ1v) is 6.48. The Labute approximate surface area is 113 Å². The zero-order valence-electron chi connectivity index (χ0n) is 11.5. The van der Waals surface area contributed by atoms with Crippen molar-refractivity contribution in [3.8, 4) is 11.5 Å². The highest BCUT2D eigenvalue weighted by atomic mass is 16.5. The van der Waals surface area contributed by atoms with Gasteiger partial charge in [-0.25, -0.2) is 0 Å². The Kier molecular flexibility index (Phi) is 4.17. The molecule has 1 atom stereocenters. The van der Waals surface area contributed by atoms with E-state index in [4.69, 9.17) is 4.74 Å². The molecular weight excluding hydrogens is 238 g/mol. The van der Waals surface area contributed by atoms with E-state index in [1.54, 1.807) is 19.2 Å². The molecule has 100 valence electrons. The quantitative estimate of drug-likeness (QED) is 0.898. The first-order valence-electron chi connectivity index (χ1n) is 6.48. The topological polar surface area (TPSA) is 42.4 Å². The van der Waals surface area contributed by atoms with Crippen LogP contribution in [0.3, 0.4) is 0 Å². The number of ether oxygens (including phenoxy) is 1. The molecule has 0 aliphatic heterocycles.